The van der Waals surface area contributed by atoms with Crippen molar-refractivity contribution < 1.29 is 0 Å². The zero-order valence-corrected chi connectivity index (χ0v) is 10.8. The van der Waals surface area contributed by atoms with Crippen LogP contribution >= 0.6 is 0 Å². The molecule has 0 aliphatic heterocycles. The molecular formula is C12H14N6. The second-order valence-electron chi connectivity index (χ2n) is 3.99. The van der Waals surface area contributed by atoms with Crippen molar-refractivity contribution in [1.82, 2.24) is 19.7 Å². The van der Waals surface area contributed by atoms with Crippen LogP contribution in [0.3, 0.4) is 0 Å². The van der Waals surface area contributed by atoms with Gasteiger partial charge in [-0.3, -0.25) is 4.68 Å². The Kier molecular flexibility index (Phi) is 2.98. The first-order chi connectivity index (χ1) is 8.58. The largest absolute Gasteiger partial charge is 0.357 e. The molecular weight excluding hydrogens is 228 g/mol. The fourth-order valence-electron chi connectivity index (χ4n) is 1.89. The van der Waals surface area contributed by atoms with Crippen LogP contribution in [0.15, 0.2) is 6.20 Å². The summed E-state index contributed by atoms with van der Waals surface area (Å²) in [4.78, 5) is 8.42. The molecule has 18 heavy (non-hydrogen) atoms. The highest BCUT2D eigenvalue weighted by atomic mass is 15.3. The summed E-state index contributed by atoms with van der Waals surface area (Å²) < 4.78 is 1.78. The summed E-state index contributed by atoms with van der Waals surface area (Å²) in [6, 6.07) is 2.12. The summed E-state index contributed by atoms with van der Waals surface area (Å²) >= 11 is 0. The molecule has 92 valence electrons. The Hall–Kier alpha value is -2.42. The van der Waals surface area contributed by atoms with Crippen molar-refractivity contribution in [2.75, 3.05) is 12.4 Å². The molecule has 0 radical (unpaired) electrons. The van der Waals surface area contributed by atoms with E-state index in [0.717, 1.165) is 17.0 Å². The Morgan fingerprint density at radius 2 is 2.11 bits per heavy atom. The predicted octanol–water partition coefficient (Wildman–Crippen LogP) is 1.41. The monoisotopic (exact) mass is 242 g/mol. The lowest BCUT2D eigenvalue weighted by Crippen LogP contribution is -2.01. The molecule has 0 spiro atoms. The molecule has 0 bridgehead atoms. The Labute approximate surface area is 105 Å². The summed E-state index contributed by atoms with van der Waals surface area (Å²) in [5.41, 5.74) is 3.80. The van der Waals surface area contributed by atoms with E-state index in [0.29, 0.717) is 17.2 Å². The number of anilines is 1. The van der Waals surface area contributed by atoms with Crippen LogP contribution in [0.25, 0.3) is 11.3 Å². The zero-order chi connectivity index (χ0) is 13.3. The van der Waals surface area contributed by atoms with Gasteiger partial charge in [0.1, 0.15) is 6.07 Å². The van der Waals surface area contributed by atoms with Gasteiger partial charge in [-0.2, -0.15) is 10.4 Å². The lowest BCUT2D eigenvalue weighted by Gasteiger charge is -2.06. The Bertz CT molecular complexity index is 635. The van der Waals surface area contributed by atoms with Crippen molar-refractivity contribution in [3.05, 3.63) is 23.1 Å². The molecule has 6 heteroatoms. The number of nitrogens with one attached hydrogen (secondary N) is 1. The van der Waals surface area contributed by atoms with Gasteiger partial charge in [0.05, 0.1) is 23.1 Å². The minimum Gasteiger partial charge on any atom is -0.357 e. The maximum atomic E-state index is 9.15. The fraction of sp³-hybridized carbons (Fsp3) is 0.333. The molecule has 2 aromatic heterocycles. The van der Waals surface area contributed by atoms with Gasteiger partial charge in [-0.05, 0) is 13.8 Å². The summed E-state index contributed by atoms with van der Waals surface area (Å²) in [6.45, 7) is 3.86. The Balaban J connectivity index is 2.73. The van der Waals surface area contributed by atoms with Gasteiger partial charge in [-0.25, -0.2) is 9.97 Å². The molecule has 2 heterocycles. The summed E-state index contributed by atoms with van der Waals surface area (Å²) in [7, 11) is 3.62. The molecule has 0 aliphatic rings. The number of nitrogens with zero attached hydrogens (tertiary/aromatic N) is 5. The van der Waals surface area contributed by atoms with E-state index in [-0.39, 0.29) is 0 Å². The van der Waals surface area contributed by atoms with Gasteiger partial charge >= 0.3 is 0 Å². The third kappa shape index (κ3) is 1.80. The maximum absolute atomic E-state index is 9.15. The van der Waals surface area contributed by atoms with Crippen LogP contribution in [0.1, 0.15) is 17.0 Å². The highest BCUT2D eigenvalue weighted by Crippen LogP contribution is 2.27. The van der Waals surface area contributed by atoms with Crippen LogP contribution in [0, 0.1) is 25.2 Å². The minimum absolute atomic E-state index is 0.452. The smallest absolute Gasteiger partial charge is 0.223 e. The van der Waals surface area contributed by atoms with Gasteiger partial charge in [0, 0.05) is 25.4 Å². The average molecular weight is 242 g/mol. The molecule has 0 amide bonds. The van der Waals surface area contributed by atoms with Crippen LogP contribution in [0.2, 0.25) is 0 Å². The van der Waals surface area contributed by atoms with Crippen LogP contribution < -0.4 is 5.32 Å². The van der Waals surface area contributed by atoms with Gasteiger partial charge < -0.3 is 5.32 Å². The number of hydrogen-bond acceptors (Lipinski definition) is 5. The molecule has 0 aliphatic carbocycles. The van der Waals surface area contributed by atoms with Crippen LogP contribution in [0.5, 0.6) is 0 Å². The lowest BCUT2D eigenvalue weighted by molar-refractivity contribution is 0.731. The standard InChI is InChI=1S/C12H14N6/c1-7-10(8(2)18(4)17-7)11-9(5-13)6-15-12(14-3)16-11/h6H,1-4H3,(H,14,15,16). The third-order valence-corrected chi connectivity index (χ3v) is 2.88. The Morgan fingerprint density at radius 1 is 1.39 bits per heavy atom. The third-order valence-electron chi connectivity index (χ3n) is 2.88. The van der Waals surface area contributed by atoms with E-state index in [9.17, 15) is 0 Å². The van der Waals surface area contributed by atoms with E-state index in [1.807, 2.05) is 20.9 Å². The van der Waals surface area contributed by atoms with Crippen LogP contribution in [0.4, 0.5) is 5.95 Å². The number of hydrogen-bond donors (Lipinski definition) is 1. The summed E-state index contributed by atoms with van der Waals surface area (Å²) in [6.07, 6.45) is 1.53. The fourth-order valence-corrected chi connectivity index (χ4v) is 1.89. The normalized spacial score (nSPS) is 10.2. The van der Waals surface area contributed by atoms with E-state index >= 15 is 0 Å². The van der Waals surface area contributed by atoms with Crippen molar-refractivity contribution in [3.63, 3.8) is 0 Å². The second-order valence-corrected chi connectivity index (χ2v) is 3.99. The van der Waals surface area contributed by atoms with E-state index in [1.54, 1.807) is 11.7 Å². The zero-order valence-electron chi connectivity index (χ0n) is 10.8. The number of nitriles is 1. The van der Waals surface area contributed by atoms with Crippen LogP contribution in [-0.4, -0.2) is 26.8 Å². The minimum atomic E-state index is 0.452. The first-order valence-electron chi connectivity index (χ1n) is 5.54. The molecule has 0 atom stereocenters. The number of aryl methyl sites for hydroxylation is 2. The molecule has 1 N–H and O–H groups in total. The molecule has 0 aromatic carbocycles. The first-order valence-corrected chi connectivity index (χ1v) is 5.54. The molecule has 2 aromatic rings. The van der Waals surface area contributed by atoms with Crippen molar-refractivity contribution >= 4 is 5.95 Å². The maximum Gasteiger partial charge on any atom is 0.223 e. The topological polar surface area (TPSA) is 79.4 Å². The molecule has 0 unspecified atom stereocenters. The Morgan fingerprint density at radius 3 is 2.61 bits per heavy atom. The van der Waals surface area contributed by atoms with E-state index in [2.05, 4.69) is 26.5 Å². The SMILES string of the molecule is CNc1ncc(C#N)c(-c2c(C)nn(C)c2C)n1. The summed E-state index contributed by atoms with van der Waals surface area (Å²) in [5, 5.41) is 16.4. The van der Waals surface area contributed by atoms with Crippen molar-refractivity contribution in [1.29, 1.82) is 5.26 Å². The number of rotatable bonds is 2. The lowest BCUT2D eigenvalue weighted by atomic mass is 10.1. The predicted molar refractivity (Wildman–Crippen MR) is 68.0 cm³/mol. The molecule has 0 saturated heterocycles. The van der Waals surface area contributed by atoms with Crippen LogP contribution in [-0.2, 0) is 7.05 Å². The van der Waals surface area contributed by atoms with Gasteiger partial charge in [0.25, 0.3) is 0 Å². The highest BCUT2D eigenvalue weighted by Gasteiger charge is 2.17. The first kappa shape index (κ1) is 12.0. The second kappa shape index (κ2) is 4.45. The highest BCUT2D eigenvalue weighted by molar-refractivity contribution is 5.71. The van der Waals surface area contributed by atoms with Gasteiger partial charge in [0.15, 0.2) is 0 Å². The van der Waals surface area contributed by atoms with Gasteiger partial charge in [0.2, 0.25) is 5.95 Å². The summed E-state index contributed by atoms with van der Waals surface area (Å²) in [5.74, 6) is 0.492. The van der Waals surface area contributed by atoms with E-state index < -0.39 is 0 Å². The van der Waals surface area contributed by atoms with Crippen molar-refractivity contribution in [2.24, 2.45) is 7.05 Å². The quantitative estimate of drug-likeness (QED) is 0.861. The van der Waals surface area contributed by atoms with Gasteiger partial charge in [-0.15, -0.1) is 0 Å². The van der Waals surface area contributed by atoms with Gasteiger partial charge in [-0.1, -0.05) is 0 Å². The molecule has 2 rings (SSSR count). The van der Waals surface area contributed by atoms with E-state index in [4.69, 9.17) is 5.26 Å². The molecule has 6 nitrogen and oxygen atoms in total. The average Bonchev–Trinajstić information content (AvgIpc) is 2.62. The number of aromatic nitrogens is 4. The molecule has 0 fully saturated rings. The van der Waals surface area contributed by atoms with Crippen molar-refractivity contribution in [3.8, 4) is 17.3 Å². The van der Waals surface area contributed by atoms with Crippen molar-refractivity contribution in [2.45, 2.75) is 13.8 Å². The van der Waals surface area contributed by atoms with E-state index in [1.165, 1.54) is 6.20 Å². The molecule has 0 saturated carbocycles.